The molecule has 0 radical (unpaired) electrons. The van der Waals surface area contributed by atoms with Crippen molar-refractivity contribution in [2.45, 2.75) is 4.90 Å². The third kappa shape index (κ3) is 3.07. The third-order valence-corrected chi connectivity index (χ3v) is 5.22. The van der Waals surface area contributed by atoms with Crippen LogP contribution in [-0.2, 0) is 10.0 Å². The van der Waals surface area contributed by atoms with E-state index >= 15 is 0 Å². The van der Waals surface area contributed by atoms with Crippen LogP contribution in [0.2, 0.25) is 13.7 Å². The van der Waals surface area contributed by atoms with E-state index in [1.54, 1.807) is 0 Å². The molecule has 96 valence electrons. The first kappa shape index (κ1) is 13.9. The van der Waals surface area contributed by atoms with Crippen molar-refractivity contribution < 1.29 is 8.42 Å². The standard InChI is InChI=1S/C9H5Cl3N2O2S2/c10-5-1-2-13-8(3-5)14-18(15,16)6-4-7(11)17-9(6)12/h1-4H,(H,13,14). The topological polar surface area (TPSA) is 59.1 Å². The molecule has 2 heterocycles. The number of halogens is 3. The van der Waals surface area contributed by atoms with Crippen LogP contribution < -0.4 is 4.72 Å². The first-order valence-corrected chi connectivity index (χ1v) is 7.91. The van der Waals surface area contributed by atoms with Crippen LogP contribution in [0.15, 0.2) is 29.3 Å². The Kier molecular flexibility index (Phi) is 4.03. The van der Waals surface area contributed by atoms with Crippen molar-refractivity contribution in [2.75, 3.05) is 4.72 Å². The van der Waals surface area contributed by atoms with Gasteiger partial charge in [0.05, 0.1) is 4.34 Å². The van der Waals surface area contributed by atoms with Gasteiger partial charge in [-0.25, -0.2) is 13.4 Å². The van der Waals surface area contributed by atoms with Gasteiger partial charge in [-0.3, -0.25) is 4.72 Å². The Morgan fingerprint density at radius 1 is 1.22 bits per heavy atom. The highest BCUT2D eigenvalue weighted by atomic mass is 35.5. The lowest BCUT2D eigenvalue weighted by atomic mass is 10.5. The summed E-state index contributed by atoms with van der Waals surface area (Å²) in [7, 11) is -3.82. The molecule has 0 amide bonds. The van der Waals surface area contributed by atoms with Gasteiger partial charge < -0.3 is 0 Å². The largest absolute Gasteiger partial charge is 0.265 e. The van der Waals surface area contributed by atoms with E-state index in [0.29, 0.717) is 9.36 Å². The van der Waals surface area contributed by atoms with Crippen LogP contribution in [-0.4, -0.2) is 13.4 Å². The third-order valence-electron chi connectivity index (χ3n) is 1.88. The SMILES string of the molecule is O=S(=O)(Nc1cc(Cl)ccn1)c1cc(Cl)sc1Cl. The Morgan fingerprint density at radius 3 is 2.50 bits per heavy atom. The van der Waals surface area contributed by atoms with Gasteiger partial charge in [0.1, 0.15) is 15.0 Å². The highest BCUT2D eigenvalue weighted by Gasteiger charge is 2.21. The van der Waals surface area contributed by atoms with Gasteiger partial charge in [-0.2, -0.15) is 0 Å². The van der Waals surface area contributed by atoms with Gasteiger partial charge in [0.25, 0.3) is 10.0 Å². The lowest BCUT2D eigenvalue weighted by Gasteiger charge is -2.05. The molecule has 0 fully saturated rings. The zero-order valence-corrected chi connectivity index (χ0v) is 12.4. The van der Waals surface area contributed by atoms with Gasteiger partial charge in [0.2, 0.25) is 0 Å². The molecule has 0 spiro atoms. The fraction of sp³-hybridized carbons (Fsp3) is 0. The number of hydrogen-bond donors (Lipinski definition) is 1. The van der Waals surface area contributed by atoms with Crippen LogP contribution in [0.25, 0.3) is 0 Å². The normalized spacial score (nSPS) is 11.5. The van der Waals surface area contributed by atoms with Crippen LogP contribution in [0.1, 0.15) is 0 Å². The molecule has 9 heteroatoms. The minimum atomic E-state index is -3.82. The van der Waals surface area contributed by atoms with Crippen LogP contribution in [0.4, 0.5) is 5.82 Å². The van der Waals surface area contributed by atoms with Crippen molar-refractivity contribution in [1.29, 1.82) is 0 Å². The molecule has 2 aromatic rings. The van der Waals surface area contributed by atoms with E-state index in [9.17, 15) is 8.42 Å². The van der Waals surface area contributed by atoms with Crippen molar-refractivity contribution >= 4 is 62.0 Å². The quantitative estimate of drug-likeness (QED) is 0.919. The number of nitrogens with zero attached hydrogens (tertiary/aromatic N) is 1. The maximum Gasteiger partial charge on any atom is 0.265 e. The maximum atomic E-state index is 12.0. The second-order valence-electron chi connectivity index (χ2n) is 3.15. The molecule has 2 aromatic heterocycles. The lowest BCUT2D eigenvalue weighted by Crippen LogP contribution is -2.13. The van der Waals surface area contributed by atoms with Gasteiger partial charge in [-0.05, 0) is 12.1 Å². The first-order valence-electron chi connectivity index (χ1n) is 4.48. The van der Waals surface area contributed by atoms with E-state index in [-0.39, 0.29) is 15.0 Å². The highest BCUT2D eigenvalue weighted by Crippen LogP contribution is 2.34. The molecular weight excluding hydrogens is 339 g/mol. The zero-order valence-electron chi connectivity index (χ0n) is 8.52. The van der Waals surface area contributed by atoms with Gasteiger partial charge >= 0.3 is 0 Å². The molecule has 1 N–H and O–H groups in total. The summed E-state index contributed by atoms with van der Waals surface area (Å²) in [5, 5.41) is 0.372. The van der Waals surface area contributed by atoms with E-state index in [4.69, 9.17) is 34.8 Å². The average Bonchev–Trinajstić information content (AvgIpc) is 2.58. The molecule has 0 saturated carbocycles. The summed E-state index contributed by atoms with van der Waals surface area (Å²) in [6.45, 7) is 0. The van der Waals surface area contributed by atoms with Crippen LogP contribution in [0.3, 0.4) is 0 Å². The second kappa shape index (κ2) is 5.22. The summed E-state index contributed by atoms with van der Waals surface area (Å²) in [4.78, 5) is 3.76. The monoisotopic (exact) mass is 342 g/mol. The van der Waals surface area contributed by atoms with Gasteiger partial charge in [0, 0.05) is 17.3 Å². The minimum absolute atomic E-state index is 0.0825. The number of pyridine rings is 1. The summed E-state index contributed by atoms with van der Waals surface area (Å²) >= 11 is 18.2. The molecular formula is C9H5Cl3N2O2S2. The van der Waals surface area contributed by atoms with E-state index in [2.05, 4.69) is 9.71 Å². The lowest BCUT2D eigenvalue weighted by molar-refractivity contribution is 0.601. The number of thiophene rings is 1. The fourth-order valence-corrected chi connectivity index (χ4v) is 4.47. The predicted molar refractivity (Wildman–Crippen MR) is 74.4 cm³/mol. The van der Waals surface area contributed by atoms with E-state index in [0.717, 1.165) is 11.3 Å². The van der Waals surface area contributed by atoms with Crippen molar-refractivity contribution in [2.24, 2.45) is 0 Å². The fourth-order valence-electron chi connectivity index (χ4n) is 1.16. The summed E-state index contributed by atoms with van der Waals surface area (Å²) in [6.07, 6.45) is 1.39. The molecule has 4 nitrogen and oxygen atoms in total. The Hall–Kier alpha value is -0.530. The Bertz CT molecular complexity index is 685. The second-order valence-corrected chi connectivity index (χ2v) is 7.53. The summed E-state index contributed by atoms with van der Waals surface area (Å²) in [5.74, 6) is 0.112. The molecule has 0 aliphatic carbocycles. The predicted octanol–water partition coefficient (Wildman–Crippen LogP) is 3.90. The molecule has 18 heavy (non-hydrogen) atoms. The van der Waals surface area contributed by atoms with Crippen LogP contribution in [0, 0.1) is 0 Å². The molecule has 2 rings (SSSR count). The molecule has 0 aliphatic rings. The van der Waals surface area contributed by atoms with Crippen molar-refractivity contribution in [3.8, 4) is 0 Å². The minimum Gasteiger partial charge on any atom is -0.263 e. The average molecular weight is 344 g/mol. The number of rotatable bonds is 3. The Morgan fingerprint density at radius 2 is 1.94 bits per heavy atom. The Labute approximate surface area is 123 Å². The highest BCUT2D eigenvalue weighted by molar-refractivity contribution is 7.93. The number of nitrogens with one attached hydrogen (secondary N) is 1. The van der Waals surface area contributed by atoms with Gasteiger partial charge in [-0.15, -0.1) is 11.3 Å². The number of anilines is 1. The number of hydrogen-bond acceptors (Lipinski definition) is 4. The van der Waals surface area contributed by atoms with E-state index in [1.807, 2.05) is 0 Å². The Balaban J connectivity index is 2.36. The molecule has 0 saturated heterocycles. The molecule has 0 unspecified atom stereocenters. The van der Waals surface area contributed by atoms with Gasteiger partial charge in [-0.1, -0.05) is 34.8 Å². The van der Waals surface area contributed by atoms with Crippen LogP contribution >= 0.6 is 46.1 Å². The molecule has 0 aromatic carbocycles. The maximum absolute atomic E-state index is 12.0. The van der Waals surface area contributed by atoms with Crippen molar-refractivity contribution in [3.05, 3.63) is 38.1 Å². The van der Waals surface area contributed by atoms with Crippen molar-refractivity contribution in [1.82, 2.24) is 4.98 Å². The van der Waals surface area contributed by atoms with E-state index < -0.39 is 10.0 Å². The summed E-state index contributed by atoms with van der Waals surface area (Å²) < 4.78 is 26.7. The van der Waals surface area contributed by atoms with Crippen molar-refractivity contribution in [3.63, 3.8) is 0 Å². The van der Waals surface area contributed by atoms with Gasteiger partial charge in [0.15, 0.2) is 0 Å². The summed E-state index contributed by atoms with van der Waals surface area (Å²) in [6, 6.07) is 4.20. The molecule has 0 aliphatic heterocycles. The molecule has 0 atom stereocenters. The molecule has 0 bridgehead atoms. The summed E-state index contributed by atoms with van der Waals surface area (Å²) in [5.41, 5.74) is 0. The van der Waals surface area contributed by atoms with E-state index in [1.165, 1.54) is 24.4 Å². The smallest absolute Gasteiger partial charge is 0.263 e. The number of sulfonamides is 1. The van der Waals surface area contributed by atoms with Crippen LogP contribution in [0.5, 0.6) is 0 Å². The zero-order chi connectivity index (χ0) is 13.3. The number of aromatic nitrogens is 1. The first-order chi connectivity index (χ1) is 8.38.